The van der Waals surface area contributed by atoms with Crippen LogP contribution >= 0.6 is 15.9 Å². The molecule has 4 heteroatoms. The third-order valence-corrected chi connectivity index (χ3v) is 3.02. The average molecular weight is 286 g/mol. The molecule has 0 unspecified atom stereocenters. The maximum Gasteiger partial charge on any atom is 0.251 e. The molecule has 1 aromatic carbocycles. The van der Waals surface area contributed by atoms with Gasteiger partial charge in [-0.3, -0.25) is 4.79 Å². The summed E-state index contributed by atoms with van der Waals surface area (Å²) in [6.07, 6.45) is 0. The molecule has 16 heavy (non-hydrogen) atoms. The summed E-state index contributed by atoms with van der Waals surface area (Å²) in [6.45, 7) is 5.68. The van der Waals surface area contributed by atoms with E-state index in [9.17, 15) is 4.79 Å². The van der Waals surface area contributed by atoms with Gasteiger partial charge in [-0.2, -0.15) is 0 Å². The van der Waals surface area contributed by atoms with Gasteiger partial charge in [0.1, 0.15) is 0 Å². The lowest BCUT2D eigenvalue weighted by atomic mass is 10.1. The molecule has 0 bridgehead atoms. The van der Waals surface area contributed by atoms with Crippen molar-refractivity contribution in [2.24, 2.45) is 0 Å². The maximum atomic E-state index is 11.7. The van der Waals surface area contributed by atoms with Crippen molar-refractivity contribution in [3.05, 3.63) is 33.8 Å². The molecular formula is C12H16BrNO2. The van der Waals surface area contributed by atoms with Crippen LogP contribution in [0.1, 0.15) is 22.8 Å². The molecule has 0 heterocycles. The molecule has 1 aromatic rings. The first-order valence-electron chi connectivity index (χ1n) is 5.27. The molecule has 0 aromatic heterocycles. The highest BCUT2D eigenvalue weighted by molar-refractivity contribution is 9.10. The molecule has 0 saturated heterocycles. The number of benzene rings is 1. The second-order valence-electron chi connectivity index (χ2n) is 3.42. The Bertz CT molecular complexity index is 366. The number of hydrogen-bond donors (Lipinski definition) is 1. The molecular weight excluding hydrogens is 270 g/mol. The number of carbonyl (C=O) groups is 1. The lowest BCUT2D eigenvalue weighted by molar-refractivity contribution is 0.0922. The van der Waals surface area contributed by atoms with Crippen molar-refractivity contribution >= 4 is 21.8 Å². The second-order valence-corrected chi connectivity index (χ2v) is 4.27. The monoisotopic (exact) mass is 285 g/mol. The van der Waals surface area contributed by atoms with Crippen LogP contribution in [-0.2, 0) is 4.74 Å². The summed E-state index contributed by atoms with van der Waals surface area (Å²) in [5.74, 6) is -0.0691. The molecule has 1 amide bonds. The highest BCUT2D eigenvalue weighted by atomic mass is 79.9. The van der Waals surface area contributed by atoms with Crippen LogP contribution in [0.25, 0.3) is 0 Å². The van der Waals surface area contributed by atoms with Gasteiger partial charge in [0.25, 0.3) is 5.91 Å². The number of aryl methyl sites for hydroxylation is 1. The number of nitrogens with one attached hydrogen (secondary N) is 1. The molecule has 1 rings (SSSR count). The molecule has 0 aliphatic rings. The number of amides is 1. The zero-order chi connectivity index (χ0) is 12.0. The van der Waals surface area contributed by atoms with Crippen LogP contribution in [0.3, 0.4) is 0 Å². The van der Waals surface area contributed by atoms with Gasteiger partial charge in [0.2, 0.25) is 0 Å². The van der Waals surface area contributed by atoms with Gasteiger partial charge in [0.05, 0.1) is 6.61 Å². The summed E-state index contributed by atoms with van der Waals surface area (Å²) in [5, 5.41) is 2.80. The Hall–Kier alpha value is -0.870. The Labute approximate surface area is 104 Å². The fourth-order valence-electron chi connectivity index (χ4n) is 1.22. The molecule has 0 aliphatic carbocycles. The molecule has 88 valence electrons. The molecule has 3 nitrogen and oxygen atoms in total. The van der Waals surface area contributed by atoms with Crippen molar-refractivity contribution in [3.8, 4) is 0 Å². The summed E-state index contributed by atoms with van der Waals surface area (Å²) in [5.41, 5.74) is 1.78. The highest BCUT2D eigenvalue weighted by Crippen LogP contribution is 2.17. The minimum atomic E-state index is -0.0691. The van der Waals surface area contributed by atoms with Gasteiger partial charge in [0.15, 0.2) is 0 Å². The predicted molar refractivity (Wildman–Crippen MR) is 67.7 cm³/mol. The molecule has 0 atom stereocenters. The Morgan fingerprint density at radius 2 is 2.25 bits per heavy atom. The van der Waals surface area contributed by atoms with Gasteiger partial charge >= 0.3 is 0 Å². The van der Waals surface area contributed by atoms with E-state index >= 15 is 0 Å². The summed E-state index contributed by atoms with van der Waals surface area (Å²) in [4.78, 5) is 11.7. The zero-order valence-electron chi connectivity index (χ0n) is 9.55. The third-order valence-electron chi connectivity index (χ3n) is 2.17. The molecule has 0 saturated carbocycles. The fraction of sp³-hybridized carbons (Fsp3) is 0.417. The van der Waals surface area contributed by atoms with E-state index < -0.39 is 0 Å². The highest BCUT2D eigenvalue weighted by Gasteiger charge is 2.05. The van der Waals surface area contributed by atoms with E-state index in [4.69, 9.17) is 4.74 Å². The van der Waals surface area contributed by atoms with Crippen molar-refractivity contribution in [2.75, 3.05) is 19.8 Å². The van der Waals surface area contributed by atoms with Gasteiger partial charge < -0.3 is 10.1 Å². The van der Waals surface area contributed by atoms with E-state index in [1.807, 2.05) is 32.0 Å². The van der Waals surface area contributed by atoms with Gasteiger partial charge in [0, 0.05) is 23.2 Å². The fourth-order valence-corrected chi connectivity index (χ4v) is 1.60. The summed E-state index contributed by atoms with van der Waals surface area (Å²) in [6, 6.07) is 5.56. The minimum absolute atomic E-state index is 0.0691. The Morgan fingerprint density at radius 1 is 1.50 bits per heavy atom. The van der Waals surface area contributed by atoms with Crippen molar-refractivity contribution in [3.63, 3.8) is 0 Å². The van der Waals surface area contributed by atoms with E-state index in [1.165, 1.54) is 0 Å². The van der Waals surface area contributed by atoms with Crippen LogP contribution in [0, 0.1) is 6.92 Å². The van der Waals surface area contributed by atoms with Crippen LogP contribution in [0.2, 0.25) is 0 Å². The lowest BCUT2D eigenvalue weighted by Gasteiger charge is -2.06. The first-order chi connectivity index (χ1) is 7.65. The first-order valence-corrected chi connectivity index (χ1v) is 6.06. The molecule has 0 spiro atoms. The summed E-state index contributed by atoms with van der Waals surface area (Å²) in [7, 11) is 0. The zero-order valence-corrected chi connectivity index (χ0v) is 11.1. The van der Waals surface area contributed by atoms with E-state index in [0.29, 0.717) is 25.3 Å². The normalized spacial score (nSPS) is 10.2. The van der Waals surface area contributed by atoms with Gasteiger partial charge in [-0.05, 0) is 31.5 Å². The molecule has 0 aliphatic heterocycles. The Kier molecular flexibility index (Phi) is 5.49. The van der Waals surface area contributed by atoms with Crippen molar-refractivity contribution < 1.29 is 9.53 Å². The predicted octanol–water partition coefficient (Wildman–Crippen LogP) is 2.52. The van der Waals surface area contributed by atoms with E-state index in [2.05, 4.69) is 21.2 Å². The van der Waals surface area contributed by atoms with Crippen LogP contribution < -0.4 is 5.32 Å². The summed E-state index contributed by atoms with van der Waals surface area (Å²) >= 11 is 3.40. The average Bonchev–Trinajstić information content (AvgIpc) is 2.28. The summed E-state index contributed by atoms with van der Waals surface area (Å²) < 4.78 is 6.09. The standard InChI is InChI=1S/C12H16BrNO2/c1-3-16-7-6-14-12(15)10-5-4-9(2)11(13)8-10/h4-5,8H,3,6-7H2,1-2H3,(H,14,15). The van der Waals surface area contributed by atoms with E-state index in [-0.39, 0.29) is 5.91 Å². The third kappa shape index (κ3) is 3.94. The first kappa shape index (κ1) is 13.2. The molecule has 1 N–H and O–H groups in total. The Balaban J connectivity index is 2.50. The quantitative estimate of drug-likeness (QED) is 0.845. The van der Waals surface area contributed by atoms with E-state index in [1.54, 1.807) is 0 Å². The topological polar surface area (TPSA) is 38.3 Å². The van der Waals surface area contributed by atoms with Crippen LogP contribution in [0.5, 0.6) is 0 Å². The van der Waals surface area contributed by atoms with Crippen LogP contribution in [0.4, 0.5) is 0 Å². The number of ether oxygens (including phenoxy) is 1. The smallest absolute Gasteiger partial charge is 0.251 e. The maximum absolute atomic E-state index is 11.7. The molecule has 0 radical (unpaired) electrons. The van der Waals surface area contributed by atoms with Crippen molar-refractivity contribution in [2.45, 2.75) is 13.8 Å². The lowest BCUT2D eigenvalue weighted by Crippen LogP contribution is -2.27. The van der Waals surface area contributed by atoms with Gasteiger partial charge in [-0.1, -0.05) is 22.0 Å². The SMILES string of the molecule is CCOCCNC(=O)c1ccc(C)c(Br)c1. The van der Waals surface area contributed by atoms with Crippen LogP contribution in [-0.4, -0.2) is 25.7 Å². The Morgan fingerprint density at radius 3 is 2.88 bits per heavy atom. The second kappa shape index (κ2) is 6.66. The largest absolute Gasteiger partial charge is 0.380 e. The van der Waals surface area contributed by atoms with Crippen molar-refractivity contribution in [1.82, 2.24) is 5.32 Å². The van der Waals surface area contributed by atoms with Crippen LogP contribution in [0.15, 0.2) is 22.7 Å². The number of halogens is 1. The number of hydrogen-bond acceptors (Lipinski definition) is 2. The van der Waals surface area contributed by atoms with Crippen molar-refractivity contribution in [1.29, 1.82) is 0 Å². The van der Waals surface area contributed by atoms with Gasteiger partial charge in [-0.25, -0.2) is 0 Å². The minimum Gasteiger partial charge on any atom is -0.380 e. The van der Waals surface area contributed by atoms with Gasteiger partial charge in [-0.15, -0.1) is 0 Å². The number of carbonyl (C=O) groups excluding carboxylic acids is 1. The molecule has 0 fully saturated rings. The van der Waals surface area contributed by atoms with E-state index in [0.717, 1.165) is 10.0 Å². The number of rotatable bonds is 5.